The summed E-state index contributed by atoms with van der Waals surface area (Å²) in [5.41, 5.74) is 1.61. The lowest BCUT2D eigenvalue weighted by atomic mass is 10.1. The van der Waals surface area contributed by atoms with Crippen molar-refractivity contribution >= 4 is 5.91 Å². The van der Waals surface area contributed by atoms with Crippen molar-refractivity contribution in [2.45, 2.75) is 58.2 Å². The normalized spacial score (nSPS) is 23.9. The summed E-state index contributed by atoms with van der Waals surface area (Å²) in [6.45, 7) is 6.58. The molecule has 134 valence electrons. The number of hydrogen-bond donors (Lipinski definition) is 0. The Morgan fingerprint density at radius 1 is 1.20 bits per heavy atom. The molecule has 2 atom stereocenters. The zero-order valence-electron chi connectivity index (χ0n) is 14.7. The summed E-state index contributed by atoms with van der Waals surface area (Å²) in [7, 11) is 0. The molecule has 1 saturated heterocycles. The van der Waals surface area contributed by atoms with Crippen LogP contribution in [0.4, 0.5) is 0 Å². The van der Waals surface area contributed by atoms with Crippen molar-refractivity contribution in [3.05, 3.63) is 28.7 Å². The molecule has 0 N–H and O–H groups in total. The smallest absolute Gasteiger partial charge is 0.257 e. The number of carbonyl (C=O) groups excluding carboxylic acids is 1. The Morgan fingerprint density at radius 2 is 2.00 bits per heavy atom. The number of carbonyl (C=O) groups is 1. The van der Waals surface area contributed by atoms with E-state index in [0.717, 1.165) is 29.9 Å². The van der Waals surface area contributed by atoms with E-state index in [-0.39, 0.29) is 24.5 Å². The van der Waals surface area contributed by atoms with Crippen LogP contribution in [0, 0.1) is 13.8 Å². The average molecular weight is 346 g/mol. The molecule has 2 aliphatic rings. The van der Waals surface area contributed by atoms with E-state index in [0.29, 0.717) is 30.7 Å². The van der Waals surface area contributed by atoms with Gasteiger partial charge in [-0.05, 0) is 33.6 Å². The molecule has 25 heavy (non-hydrogen) atoms. The number of nitrogens with zero attached hydrogens (tertiary/aromatic N) is 4. The fourth-order valence-corrected chi connectivity index (χ4v) is 3.19. The van der Waals surface area contributed by atoms with Gasteiger partial charge in [-0.2, -0.15) is 4.98 Å². The van der Waals surface area contributed by atoms with Gasteiger partial charge in [0, 0.05) is 18.0 Å². The highest BCUT2D eigenvalue weighted by atomic mass is 16.5. The molecule has 2 fully saturated rings. The molecule has 0 aromatic carbocycles. The van der Waals surface area contributed by atoms with Crippen molar-refractivity contribution in [3.63, 3.8) is 0 Å². The van der Waals surface area contributed by atoms with Crippen molar-refractivity contribution in [2.75, 3.05) is 13.1 Å². The van der Waals surface area contributed by atoms with Gasteiger partial charge >= 0.3 is 0 Å². The number of ether oxygens (including phenoxy) is 1. The molecule has 3 heterocycles. The van der Waals surface area contributed by atoms with Gasteiger partial charge in [-0.3, -0.25) is 4.79 Å². The molecule has 0 spiro atoms. The number of hydrogen-bond acceptors (Lipinski definition) is 7. The van der Waals surface area contributed by atoms with Crippen LogP contribution < -0.4 is 0 Å². The SMILES string of the molecule is Cc1noc(C)c1CC(=O)N1C[C@@H](C)O[C@@H](c2nc(C3CC3)no2)C1. The quantitative estimate of drug-likeness (QED) is 0.836. The van der Waals surface area contributed by atoms with Crippen LogP contribution in [0.2, 0.25) is 0 Å². The average Bonchev–Trinajstić information content (AvgIpc) is 3.24. The topological polar surface area (TPSA) is 94.5 Å². The third-order valence-corrected chi connectivity index (χ3v) is 4.80. The molecule has 1 aliphatic heterocycles. The zero-order valence-corrected chi connectivity index (χ0v) is 14.7. The van der Waals surface area contributed by atoms with Gasteiger partial charge in [-0.15, -0.1) is 0 Å². The molecule has 8 heteroatoms. The Hall–Kier alpha value is -2.22. The Bertz CT molecular complexity index is 760. The molecule has 0 radical (unpaired) electrons. The van der Waals surface area contributed by atoms with Crippen LogP contribution in [0.15, 0.2) is 9.05 Å². The summed E-state index contributed by atoms with van der Waals surface area (Å²) in [5, 5.41) is 7.96. The second kappa shape index (κ2) is 6.25. The number of morpholine rings is 1. The van der Waals surface area contributed by atoms with Gasteiger partial charge in [0.15, 0.2) is 11.9 Å². The molecular weight excluding hydrogens is 324 g/mol. The van der Waals surface area contributed by atoms with Crippen molar-refractivity contribution in [2.24, 2.45) is 0 Å². The Labute approximate surface area is 145 Å². The summed E-state index contributed by atoms with van der Waals surface area (Å²) < 4.78 is 16.5. The van der Waals surface area contributed by atoms with Crippen LogP contribution in [-0.4, -0.2) is 45.3 Å². The summed E-state index contributed by atoms with van der Waals surface area (Å²) in [6, 6.07) is 0. The van der Waals surface area contributed by atoms with Gasteiger partial charge in [-0.25, -0.2) is 0 Å². The Kier molecular flexibility index (Phi) is 4.07. The molecular formula is C17H22N4O4. The van der Waals surface area contributed by atoms with Crippen LogP contribution >= 0.6 is 0 Å². The molecule has 2 aromatic heterocycles. The minimum Gasteiger partial charge on any atom is -0.362 e. The highest BCUT2D eigenvalue weighted by Gasteiger charge is 2.35. The number of amides is 1. The first-order chi connectivity index (χ1) is 12.0. The Morgan fingerprint density at radius 3 is 2.68 bits per heavy atom. The first kappa shape index (κ1) is 16.3. The standard InChI is InChI=1S/C17H22N4O4/c1-9-7-21(15(22)6-13-10(2)19-24-11(13)3)8-14(23-9)17-18-16(20-25-17)12-4-5-12/h9,12,14H,4-8H2,1-3H3/t9-,14-/m1/s1. The van der Waals surface area contributed by atoms with Gasteiger partial charge in [0.25, 0.3) is 5.89 Å². The van der Waals surface area contributed by atoms with Crippen LogP contribution in [-0.2, 0) is 16.0 Å². The van der Waals surface area contributed by atoms with E-state index in [2.05, 4.69) is 15.3 Å². The highest BCUT2D eigenvalue weighted by molar-refractivity contribution is 5.79. The third-order valence-electron chi connectivity index (χ3n) is 4.80. The largest absolute Gasteiger partial charge is 0.362 e. The highest BCUT2D eigenvalue weighted by Crippen LogP contribution is 2.39. The predicted molar refractivity (Wildman–Crippen MR) is 85.8 cm³/mol. The molecule has 0 bridgehead atoms. The lowest BCUT2D eigenvalue weighted by molar-refractivity contribution is -0.146. The van der Waals surface area contributed by atoms with Gasteiger partial charge in [0.2, 0.25) is 5.91 Å². The lowest BCUT2D eigenvalue weighted by Crippen LogP contribution is -2.46. The number of aromatic nitrogens is 3. The maximum Gasteiger partial charge on any atom is 0.257 e. The second-order valence-electron chi connectivity index (χ2n) is 6.98. The maximum atomic E-state index is 12.8. The first-order valence-corrected chi connectivity index (χ1v) is 8.69. The molecule has 8 nitrogen and oxygen atoms in total. The molecule has 1 amide bonds. The van der Waals surface area contributed by atoms with Gasteiger partial charge < -0.3 is 18.7 Å². The van der Waals surface area contributed by atoms with Gasteiger partial charge in [0.1, 0.15) is 5.76 Å². The minimum absolute atomic E-state index is 0.0245. The summed E-state index contributed by atoms with van der Waals surface area (Å²) in [4.78, 5) is 19.0. The van der Waals surface area contributed by atoms with Crippen LogP contribution in [0.1, 0.15) is 60.5 Å². The van der Waals surface area contributed by atoms with Crippen molar-refractivity contribution in [3.8, 4) is 0 Å². The van der Waals surface area contributed by atoms with E-state index in [1.54, 1.807) is 4.90 Å². The zero-order chi connectivity index (χ0) is 17.6. The second-order valence-corrected chi connectivity index (χ2v) is 6.98. The van der Waals surface area contributed by atoms with E-state index < -0.39 is 0 Å². The van der Waals surface area contributed by atoms with Crippen LogP contribution in [0.3, 0.4) is 0 Å². The van der Waals surface area contributed by atoms with Crippen molar-refractivity contribution in [1.29, 1.82) is 0 Å². The number of aryl methyl sites for hydroxylation is 2. The molecule has 1 saturated carbocycles. The molecule has 4 rings (SSSR count). The molecule has 2 aromatic rings. The molecule has 0 unspecified atom stereocenters. The summed E-state index contributed by atoms with van der Waals surface area (Å²) >= 11 is 0. The van der Waals surface area contributed by atoms with Gasteiger partial charge in [-0.1, -0.05) is 10.3 Å². The number of rotatable bonds is 4. The fraction of sp³-hybridized carbons (Fsp3) is 0.647. The van der Waals surface area contributed by atoms with Gasteiger partial charge in [0.05, 0.1) is 24.8 Å². The predicted octanol–water partition coefficient (Wildman–Crippen LogP) is 2.08. The van der Waals surface area contributed by atoms with E-state index in [1.165, 1.54) is 0 Å². The monoisotopic (exact) mass is 346 g/mol. The fourth-order valence-electron chi connectivity index (χ4n) is 3.19. The van der Waals surface area contributed by atoms with Crippen molar-refractivity contribution in [1.82, 2.24) is 20.2 Å². The van der Waals surface area contributed by atoms with E-state index >= 15 is 0 Å². The van der Waals surface area contributed by atoms with E-state index in [9.17, 15) is 4.79 Å². The lowest BCUT2D eigenvalue weighted by Gasteiger charge is -2.35. The van der Waals surface area contributed by atoms with Crippen LogP contribution in [0.25, 0.3) is 0 Å². The minimum atomic E-state index is -0.377. The first-order valence-electron chi connectivity index (χ1n) is 8.69. The van der Waals surface area contributed by atoms with Crippen molar-refractivity contribution < 1.29 is 18.6 Å². The molecule has 1 aliphatic carbocycles. The summed E-state index contributed by atoms with van der Waals surface area (Å²) in [6.07, 6.45) is 2.03. The maximum absolute atomic E-state index is 12.8. The van der Waals surface area contributed by atoms with Crippen LogP contribution in [0.5, 0.6) is 0 Å². The van der Waals surface area contributed by atoms with E-state index in [4.69, 9.17) is 13.8 Å². The Balaban J connectivity index is 1.46. The van der Waals surface area contributed by atoms with E-state index in [1.807, 2.05) is 20.8 Å². The summed E-state index contributed by atoms with van der Waals surface area (Å²) in [5.74, 6) is 2.36. The third kappa shape index (κ3) is 3.30.